The molecule has 2 amide bonds. The van der Waals surface area contributed by atoms with Crippen molar-refractivity contribution in [2.75, 3.05) is 0 Å². The molecule has 0 atom stereocenters. The second kappa shape index (κ2) is 9.97. The number of benzene rings is 2. The lowest BCUT2D eigenvalue weighted by molar-refractivity contribution is 0.233. The van der Waals surface area contributed by atoms with Gasteiger partial charge in [-0.25, -0.2) is 10.2 Å². The molecule has 0 aromatic heterocycles. The molecule has 5 nitrogen and oxygen atoms in total. The Hall–Kier alpha value is -2.53. The van der Waals surface area contributed by atoms with Crippen molar-refractivity contribution in [1.82, 2.24) is 10.7 Å². The third kappa shape index (κ3) is 6.29. The standard InChI is InChI=1S/C21H24ClN3O2/c22-18-12-10-16(11-13-18)15-27-20-9-5-4-6-17(20)14-23-25-21(26)24-19-7-2-1-3-8-19/h4-6,9-14,19H,1-3,7-8,15H2,(H2,24,25,26)/b23-14-. The number of para-hydroxylation sites is 1. The zero-order valence-electron chi connectivity index (χ0n) is 15.2. The smallest absolute Gasteiger partial charge is 0.335 e. The number of rotatable bonds is 6. The Morgan fingerprint density at radius 1 is 1.11 bits per heavy atom. The monoisotopic (exact) mass is 385 g/mol. The van der Waals surface area contributed by atoms with Crippen molar-refractivity contribution in [1.29, 1.82) is 0 Å². The van der Waals surface area contributed by atoms with E-state index in [-0.39, 0.29) is 12.1 Å². The normalized spacial score (nSPS) is 14.9. The highest BCUT2D eigenvalue weighted by Crippen LogP contribution is 2.19. The van der Waals surface area contributed by atoms with Gasteiger partial charge in [0.15, 0.2) is 0 Å². The fraction of sp³-hybridized carbons (Fsp3) is 0.333. The molecule has 0 saturated heterocycles. The van der Waals surface area contributed by atoms with E-state index in [9.17, 15) is 4.79 Å². The van der Waals surface area contributed by atoms with Gasteiger partial charge < -0.3 is 10.1 Å². The lowest BCUT2D eigenvalue weighted by Crippen LogP contribution is -2.41. The van der Waals surface area contributed by atoms with Crippen molar-refractivity contribution < 1.29 is 9.53 Å². The molecule has 0 radical (unpaired) electrons. The SMILES string of the molecule is O=C(N/N=C\c1ccccc1OCc1ccc(Cl)cc1)NC1CCCCC1. The van der Waals surface area contributed by atoms with Gasteiger partial charge in [-0.05, 0) is 42.7 Å². The number of hydrazone groups is 1. The van der Waals surface area contributed by atoms with Crippen LogP contribution in [0.1, 0.15) is 43.2 Å². The highest BCUT2D eigenvalue weighted by molar-refractivity contribution is 6.30. The number of nitrogens with one attached hydrogen (secondary N) is 2. The van der Waals surface area contributed by atoms with Gasteiger partial charge in [0.25, 0.3) is 0 Å². The lowest BCUT2D eigenvalue weighted by Gasteiger charge is -2.22. The van der Waals surface area contributed by atoms with Gasteiger partial charge in [0.05, 0.1) is 6.21 Å². The van der Waals surface area contributed by atoms with Gasteiger partial charge in [0.1, 0.15) is 12.4 Å². The minimum Gasteiger partial charge on any atom is -0.488 e. The predicted molar refractivity (Wildman–Crippen MR) is 108 cm³/mol. The Morgan fingerprint density at radius 2 is 1.85 bits per heavy atom. The van der Waals surface area contributed by atoms with Crippen LogP contribution in [0.4, 0.5) is 4.79 Å². The van der Waals surface area contributed by atoms with Gasteiger partial charge in [-0.1, -0.05) is 55.1 Å². The molecule has 0 aliphatic heterocycles. The second-order valence-electron chi connectivity index (χ2n) is 6.63. The second-order valence-corrected chi connectivity index (χ2v) is 7.07. The number of hydrogen-bond donors (Lipinski definition) is 2. The Labute approximate surface area is 164 Å². The molecule has 0 heterocycles. The van der Waals surface area contributed by atoms with Gasteiger partial charge in [0.2, 0.25) is 0 Å². The molecule has 6 heteroatoms. The molecular formula is C21H24ClN3O2. The van der Waals surface area contributed by atoms with Crippen LogP contribution < -0.4 is 15.5 Å². The van der Waals surface area contributed by atoms with Crippen LogP contribution in [0.15, 0.2) is 53.6 Å². The van der Waals surface area contributed by atoms with Crippen molar-refractivity contribution in [3.05, 3.63) is 64.7 Å². The lowest BCUT2D eigenvalue weighted by atomic mass is 9.96. The van der Waals surface area contributed by atoms with E-state index < -0.39 is 0 Å². The van der Waals surface area contributed by atoms with Crippen LogP contribution in [0.5, 0.6) is 5.75 Å². The first-order valence-electron chi connectivity index (χ1n) is 9.26. The Bertz CT molecular complexity index is 771. The molecule has 27 heavy (non-hydrogen) atoms. The van der Waals surface area contributed by atoms with Gasteiger partial charge in [-0.2, -0.15) is 5.10 Å². The molecule has 2 aromatic rings. The predicted octanol–water partition coefficient (Wildman–Crippen LogP) is 4.88. The fourth-order valence-corrected chi connectivity index (χ4v) is 3.21. The number of carbonyl (C=O) groups is 1. The van der Waals surface area contributed by atoms with E-state index in [0.29, 0.717) is 17.4 Å². The average molecular weight is 386 g/mol. The summed E-state index contributed by atoms with van der Waals surface area (Å²) < 4.78 is 5.88. The van der Waals surface area contributed by atoms with E-state index in [4.69, 9.17) is 16.3 Å². The zero-order chi connectivity index (χ0) is 18.9. The van der Waals surface area contributed by atoms with Crippen molar-refractivity contribution in [2.45, 2.75) is 44.8 Å². The Balaban J connectivity index is 1.52. The van der Waals surface area contributed by atoms with Crippen LogP contribution in [0.2, 0.25) is 5.02 Å². The first-order chi connectivity index (χ1) is 13.2. The zero-order valence-corrected chi connectivity index (χ0v) is 15.9. The molecule has 3 rings (SSSR count). The maximum Gasteiger partial charge on any atom is 0.335 e. The summed E-state index contributed by atoms with van der Waals surface area (Å²) in [6, 6.07) is 15.1. The van der Waals surface area contributed by atoms with Crippen molar-refractivity contribution >= 4 is 23.8 Å². The largest absolute Gasteiger partial charge is 0.488 e. The molecule has 0 unspecified atom stereocenters. The van der Waals surface area contributed by atoms with E-state index in [0.717, 1.165) is 24.0 Å². The average Bonchev–Trinajstić information content (AvgIpc) is 2.69. The van der Waals surface area contributed by atoms with Gasteiger partial charge in [0, 0.05) is 16.6 Å². The molecule has 1 aliphatic carbocycles. The molecule has 2 aromatic carbocycles. The summed E-state index contributed by atoms with van der Waals surface area (Å²) >= 11 is 5.90. The first-order valence-corrected chi connectivity index (χ1v) is 9.64. The summed E-state index contributed by atoms with van der Waals surface area (Å²) in [6.45, 7) is 0.428. The van der Waals surface area contributed by atoms with Crippen LogP contribution in [0.25, 0.3) is 0 Å². The quantitative estimate of drug-likeness (QED) is 0.549. The molecule has 142 valence electrons. The summed E-state index contributed by atoms with van der Waals surface area (Å²) in [5.74, 6) is 0.700. The molecule has 2 N–H and O–H groups in total. The number of ether oxygens (including phenoxy) is 1. The van der Waals surface area contributed by atoms with E-state index in [2.05, 4.69) is 15.8 Å². The summed E-state index contributed by atoms with van der Waals surface area (Å²) in [5.41, 5.74) is 4.35. The minimum absolute atomic E-state index is 0.254. The molecule has 1 fully saturated rings. The summed E-state index contributed by atoms with van der Waals surface area (Å²) in [5, 5.41) is 7.71. The maximum atomic E-state index is 11.9. The van der Waals surface area contributed by atoms with Crippen LogP contribution >= 0.6 is 11.6 Å². The first kappa shape index (κ1) is 19.2. The van der Waals surface area contributed by atoms with Crippen LogP contribution in [-0.4, -0.2) is 18.3 Å². The number of carbonyl (C=O) groups excluding carboxylic acids is 1. The number of halogens is 1. The molecule has 1 aliphatic rings. The van der Waals surface area contributed by atoms with Crippen molar-refractivity contribution in [3.63, 3.8) is 0 Å². The van der Waals surface area contributed by atoms with Crippen molar-refractivity contribution in [2.24, 2.45) is 5.10 Å². The molecular weight excluding hydrogens is 362 g/mol. The number of amides is 2. The fourth-order valence-electron chi connectivity index (χ4n) is 3.09. The topological polar surface area (TPSA) is 62.7 Å². The maximum absolute atomic E-state index is 11.9. The van der Waals surface area contributed by atoms with E-state index in [1.807, 2.05) is 48.5 Å². The van der Waals surface area contributed by atoms with E-state index in [1.165, 1.54) is 19.3 Å². The number of nitrogens with zero attached hydrogens (tertiary/aromatic N) is 1. The summed E-state index contributed by atoms with van der Waals surface area (Å²) in [4.78, 5) is 11.9. The molecule has 1 saturated carbocycles. The van der Waals surface area contributed by atoms with Crippen molar-refractivity contribution in [3.8, 4) is 5.75 Å². The number of hydrogen-bond acceptors (Lipinski definition) is 3. The van der Waals surface area contributed by atoms with Crippen LogP contribution in [0.3, 0.4) is 0 Å². The third-order valence-electron chi connectivity index (χ3n) is 4.54. The highest BCUT2D eigenvalue weighted by Gasteiger charge is 2.15. The Morgan fingerprint density at radius 3 is 2.63 bits per heavy atom. The molecule has 0 spiro atoms. The van der Waals surface area contributed by atoms with Crippen LogP contribution in [0, 0.1) is 0 Å². The summed E-state index contributed by atoms with van der Waals surface area (Å²) in [7, 11) is 0. The van der Waals surface area contributed by atoms with E-state index in [1.54, 1.807) is 6.21 Å². The molecule has 0 bridgehead atoms. The minimum atomic E-state index is -0.266. The number of urea groups is 1. The van der Waals surface area contributed by atoms with Gasteiger partial charge in [-0.15, -0.1) is 0 Å². The van der Waals surface area contributed by atoms with E-state index >= 15 is 0 Å². The third-order valence-corrected chi connectivity index (χ3v) is 4.79. The van der Waals surface area contributed by atoms with Gasteiger partial charge >= 0.3 is 6.03 Å². The van der Waals surface area contributed by atoms with Crippen LogP contribution in [-0.2, 0) is 6.61 Å². The summed E-state index contributed by atoms with van der Waals surface area (Å²) in [6.07, 6.45) is 7.28. The highest BCUT2D eigenvalue weighted by atomic mass is 35.5. The Kier molecular flexibility index (Phi) is 7.11. The van der Waals surface area contributed by atoms with Gasteiger partial charge in [-0.3, -0.25) is 0 Å².